The standard InChI is InChI=1S/C19H39N5O2/c1-6-20-19(22-12-10-18(25)24(7-2)8-3)21-11-9-13-23-14-16(4)26-17(5)15-23/h16-17H,6-15H2,1-5H3,(H2,20,21,22). The molecule has 2 atom stereocenters. The average molecular weight is 370 g/mol. The summed E-state index contributed by atoms with van der Waals surface area (Å²) in [6.07, 6.45) is 2.14. The Kier molecular flexibility index (Phi) is 11.3. The van der Waals surface area contributed by atoms with E-state index in [1.807, 2.05) is 18.7 Å². The zero-order valence-electron chi connectivity index (χ0n) is 17.4. The highest BCUT2D eigenvalue weighted by molar-refractivity contribution is 5.81. The number of hydrogen-bond donors (Lipinski definition) is 2. The van der Waals surface area contributed by atoms with E-state index in [1.165, 1.54) is 0 Å². The van der Waals surface area contributed by atoms with E-state index in [0.717, 1.165) is 58.2 Å². The number of amides is 1. The third kappa shape index (κ3) is 8.85. The van der Waals surface area contributed by atoms with Crippen molar-refractivity contribution in [1.29, 1.82) is 0 Å². The van der Waals surface area contributed by atoms with Gasteiger partial charge in [0.05, 0.1) is 12.2 Å². The summed E-state index contributed by atoms with van der Waals surface area (Å²) in [5.41, 5.74) is 0. The summed E-state index contributed by atoms with van der Waals surface area (Å²) in [5.74, 6) is 0.984. The minimum absolute atomic E-state index is 0.189. The SMILES string of the molecule is CCNC(=NCCCN1CC(C)OC(C)C1)NCCC(=O)N(CC)CC. The Morgan fingerprint density at radius 3 is 2.38 bits per heavy atom. The number of carbonyl (C=O) groups is 1. The van der Waals surface area contributed by atoms with Crippen molar-refractivity contribution >= 4 is 11.9 Å². The van der Waals surface area contributed by atoms with E-state index < -0.39 is 0 Å². The fourth-order valence-electron chi connectivity index (χ4n) is 3.32. The maximum absolute atomic E-state index is 12.0. The lowest BCUT2D eigenvalue weighted by Crippen LogP contribution is -2.45. The highest BCUT2D eigenvalue weighted by atomic mass is 16.5. The van der Waals surface area contributed by atoms with Gasteiger partial charge in [-0.05, 0) is 41.0 Å². The van der Waals surface area contributed by atoms with E-state index in [1.54, 1.807) is 0 Å². The molecule has 1 rings (SSSR count). The topological polar surface area (TPSA) is 69.2 Å². The van der Waals surface area contributed by atoms with Crippen LogP contribution in [0.1, 0.15) is 47.5 Å². The molecule has 0 aromatic rings. The number of morpholine rings is 1. The van der Waals surface area contributed by atoms with Crippen LogP contribution >= 0.6 is 0 Å². The van der Waals surface area contributed by atoms with Crippen molar-refractivity contribution in [2.75, 3.05) is 52.4 Å². The Morgan fingerprint density at radius 1 is 1.15 bits per heavy atom. The molecule has 1 fully saturated rings. The summed E-state index contributed by atoms with van der Waals surface area (Å²) in [5, 5.41) is 6.51. The molecule has 0 bridgehead atoms. The molecule has 0 aliphatic carbocycles. The molecule has 0 spiro atoms. The molecule has 26 heavy (non-hydrogen) atoms. The van der Waals surface area contributed by atoms with Crippen molar-refractivity contribution in [1.82, 2.24) is 20.4 Å². The first-order valence-electron chi connectivity index (χ1n) is 10.2. The molecule has 1 amide bonds. The van der Waals surface area contributed by atoms with Crippen LogP contribution in [0.15, 0.2) is 4.99 Å². The molecule has 1 aliphatic rings. The molecule has 2 N–H and O–H groups in total. The minimum Gasteiger partial charge on any atom is -0.373 e. The van der Waals surface area contributed by atoms with Crippen LogP contribution in [-0.4, -0.2) is 86.2 Å². The summed E-state index contributed by atoms with van der Waals surface area (Å²) < 4.78 is 5.77. The lowest BCUT2D eigenvalue weighted by Gasteiger charge is -2.35. The summed E-state index contributed by atoms with van der Waals surface area (Å²) in [6.45, 7) is 17.1. The summed E-state index contributed by atoms with van der Waals surface area (Å²) in [4.78, 5) is 21.0. The average Bonchev–Trinajstić information content (AvgIpc) is 2.59. The molecule has 7 nitrogen and oxygen atoms in total. The summed E-state index contributed by atoms with van der Waals surface area (Å²) in [6, 6.07) is 0. The van der Waals surface area contributed by atoms with Gasteiger partial charge in [-0.1, -0.05) is 0 Å². The van der Waals surface area contributed by atoms with Gasteiger partial charge in [0, 0.05) is 58.8 Å². The quantitative estimate of drug-likeness (QED) is 0.345. The van der Waals surface area contributed by atoms with E-state index in [-0.39, 0.29) is 5.91 Å². The molecule has 1 saturated heterocycles. The number of ether oxygens (including phenoxy) is 1. The zero-order valence-corrected chi connectivity index (χ0v) is 17.4. The van der Waals surface area contributed by atoms with Crippen LogP contribution in [0.25, 0.3) is 0 Å². The third-order valence-corrected chi connectivity index (χ3v) is 4.49. The molecule has 0 radical (unpaired) electrons. The van der Waals surface area contributed by atoms with Crippen LogP contribution in [0.5, 0.6) is 0 Å². The summed E-state index contributed by atoms with van der Waals surface area (Å²) >= 11 is 0. The van der Waals surface area contributed by atoms with Crippen LogP contribution in [-0.2, 0) is 9.53 Å². The second-order valence-electron chi connectivity index (χ2n) is 6.87. The summed E-state index contributed by atoms with van der Waals surface area (Å²) in [7, 11) is 0. The number of nitrogens with zero attached hydrogens (tertiary/aromatic N) is 3. The first-order valence-corrected chi connectivity index (χ1v) is 10.2. The fourth-order valence-corrected chi connectivity index (χ4v) is 3.32. The second kappa shape index (κ2) is 12.9. The first-order chi connectivity index (χ1) is 12.5. The molecule has 0 saturated carbocycles. The largest absolute Gasteiger partial charge is 0.373 e. The Hall–Kier alpha value is -1.34. The lowest BCUT2D eigenvalue weighted by molar-refractivity contribution is -0.130. The Bertz CT molecular complexity index is 416. The predicted octanol–water partition coefficient (Wildman–Crippen LogP) is 1.30. The van der Waals surface area contributed by atoms with Gasteiger partial charge in [0.2, 0.25) is 5.91 Å². The fraction of sp³-hybridized carbons (Fsp3) is 0.895. The van der Waals surface area contributed by atoms with Crippen molar-refractivity contribution in [3.63, 3.8) is 0 Å². The van der Waals surface area contributed by atoms with Gasteiger partial charge < -0.3 is 20.3 Å². The van der Waals surface area contributed by atoms with E-state index in [9.17, 15) is 4.79 Å². The van der Waals surface area contributed by atoms with Gasteiger partial charge in [-0.2, -0.15) is 0 Å². The van der Waals surface area contributed by atoms with E-state index in [0.29, 0.717) is 25.2 Å². The van der Waals surface area contributed by atoms with Crippen LogP contribution in [0, 0.1) is 0 Å². The number of aliphatic imine (C=N–C) groups is 1. The Morgan fingerprint density at radius 2 is 1.81 bits per heavy atom. The van der Waals surface area contributed by atoms with Crippen LogP contribution in [0.2, 0.25) is 0 Å². The van der Waals surface area contributed by atoms with E-state index in [4.69, 9.17) is 4.74 Å². The van der Waals surface area contributed by atoms with Crippen molar-refractivity contribution in [2.24, 2.45) is 4.99 Å². The Balaban J connectivity index is 2.31. The normalized spacial score (nSPS) is 21.5. The van der Waals surface area contributed by atoms with Gasteiger partial charge in [-0.15, -0.1) is 0 Å². The van der Waals surface area contributed by atoms with Crippen LogP contribution in [0.3, 0.4) is 0 Å². The van der Waals surface area contributed by atoms with Crippen molar-refractivity contribution < 1.29 is 9.53 Å². The van der Waals surface area contributed by atoms with Crippen molar-refractivity contribution in [2.45, 2.75) is 59.7 Å². The number of rotatable bonds is 10. The van der Waals surface area contributed by atoms with Gasteiger partial charge >= 0.3 is 0 Å². The van der Waals surface area contributed by atoms with Crippen LogP contribution < -0.4 is 10.6 Å². The zero-order chi connectivity index (χ0) is 19.4. The van der Waals surface area contributed by atoms with Crippen LogP contribution in [0.4, 0.5) is 0 Å². The van der Waals surface area contributed by atoms with Gasteiger partial charge in [-0.3, -0.25) is 14.7 Å². The smallest absolute Gasteiger partial charge is 0.224 e. The molecule has 152 valence electrons. The molecule has 1 aliphatic heterocycles. The highest BCUT2D eigenvalue weighted by Gasteiger charge is 2.21. The number of hydrogen-bond acceptors (Lipinski definition) is 4. The molecule has 2 unspecified atom stereocenters. The van der Waals surface area contributed by atoms with Crippen molar-refractivity contribution in [3.8, 4) is 0 Å². The molecular weight excluding hydrogens is 330 g/mol. The number of guanidine groups is 1. The van der Waals surface area contributed by atoms with Gasteiger partial charge in [-0.25, -0.2) is 0 Å². The van der Waals surface area contributed by atoms with E-state index >= 15 is 0 Å². The van der Waals surface area contributed by atoms with Gasteiger partial charge in [0.1, 0.15) is 0 Å². The molecule has 1 heterocycles. The van der Waals surface area contributed by atoms with Gasteiger partial charge in [0.25, 0.3) is 0 Å². The Labute approximate surface area is 159 Å². The second-order valence-corrected chi connectivity index (χ2v) is 6.87. The first kappa shape index (κ1) is 22.7. The van der Waals surface area contributed by atoms with Crippen molar-refractivity contribution in [3.05, 3.63) is 0 Å². The maximum atomic E-state index is 12.0. The highest BCUT2D eigenvalue weighted by Crippen LogP contribution is 2.10. The molecule has 0 aromatic heterocycles. The maximum Gasteiger partial charge on any atom is 0.224 e. The van der Waals surface area contributed by atoms with E-state index in [2.05, 4.69) is 41.3 Å². The number of carbonyl (C=O) groups excluding carboxylic acids is 1. The molecular formula is C19H39N5O2. The minimum atomic E-state index is 0.189. The monoisotopic (exact) mass is 369 g/mol. The van der Waals surface area contributed by atoms with Gasteiger partial charge in [0.15, 0.2) is 5.96 Å². The molecule has 7 heteroatoms. The molecule has 0 aromatic carbocycles. The third-order valence-electron chi connectivity index (χ3n) is 4.49. The predicted molar refractivity (Wildman–Crippen MR) is 108 cm³/mol. The number of nitrogens with one attached hydrogen (secondary N) is 2. The lowest BCUT2D eigenvalue weighted by atomic mass is 10.2.